The summed E-state index contributed by atoms with van der Waals surface area (Å²) in [6.45, 7) is 13.2. The fourth-order valence-corrected chi connectivity index (χ4v) is 1.23. The molecule has 0 heterocycles. The van der Waals surface area contributed by atoms with Gasteiger partial charge in [0.1, 0.15) is 0 Å². The lowest BCUT2D eigenvalue weighted by atomic mass is 10.00. The first-order valence-corrected chi connectivity index (χ1v) is 4.61. The topological polar surface area (TPSA) is 4.36 Å². The average molecular weight is 173 g/mol. The van der Waals surface area contributed by atoms with Crippen molar-refractivity contribution in [1.29, 1.82) is 0 Å². The summed E-state index contributed by atoms with van der Waals surface area (Å²) in [6, 6.07) is 8.32. The molecule has 0 amide bonds. The van der Waals surface area contributed by atoms with E-state index in [1.807, 2.05) is 6.92 Å². The maximum Gasteiger partial charge on any atom is 0.245 e. The van der Waals surface area contributed by atoms with Gasteiger partial charge in [0.25, 0.3) is 0 Å². The van der Waals surface area contributed by atoms with Crippen molar-refractivity contribution in [3.63, 3.8) is 0 Å². The summed E-state index contributed by atoms with van der Waals surface area (Å²) >= 11 is 0. The lowest BCUT2D eigenvalue weighted by molar-refractivity contribution is 0.861. The molecule has 68 valence electrons. The van der Waals surface area contributed by atoms with E-state index in [0.717, 1.165) is 5.56 Å². The third-order valence-corrected chi connectivity index (χ3v) is 2.28. The molecule has 0 aliphatic rings. The number of nitrogens with zero attached hydrogens (tertiary/aromatic N) is 1. The zero-order valence-corrected chi connectivity index (χ0v) is 8.41. The van der Waals surface area contributed by atoms with Gasteiger partial charge in [-0.15, -0.1) is 0 Å². The van der Waals surface area contributed by atoms with Crippen molar-refractivity contribution in [3.05, 3.63) is 46.8 Å². The van der Waals surface area contributed by atoms with Crippen LogP contribution in [0.15, 0.2) is 24.3 Å². The monoisotopic (exact) mass is 173 g/mol. The van der Waals surface area contributed by atoms with Crippen molar-refractivity contribution < 1.29 is 0 Å². The largest absolute Gasteiger partial charge is 0.309 e. The molecule has 1 unspecified atom stereocenters. The first kappa shape index (κ1) is 9.80. The Morgan fingerprint density at radius 3 is 1.85 bits per heavy atom. The molecule has 0 aliphatic heterocycles. The van der Waals surface area contributed by atoms with Crippen molar-refractivity contribution in [1.82, 2.24) is 0 Å². The van der Waals surface area contributed by atoms with Crippen LogP contribution in [0.3, 0.4) is 0 Å². The van der Waals surface area contributed by atoms with E-state index in [0.29, 0.717) is 5.92 Å². The van der Waals surface area contributed by atoms with Crippen LogP contribution in [0.25, 0.3) is 4.85 Å². The molecule has 0 N–H and O–H groups in total. The number of hydrogen-bond donors (Lipinski definition) is 0. The molecule has 0 aromatic heterocycles. The van der Waals surface area contributed by atoms with Crippen LogP contribution in [-0.2, 0) is 0 Å². The van der Waals surface area contributed by atoms with Crippen LogP contribution in [0.1, 0.15) is 43.9 Å². The summed E-state index contributed by atoms with van der Waals surface area (Å²) in [4.78, 5) is 3.48. The standard InChI is InChI=1S/C12H15N/c1-9(2)11-5-7-12(8-6-11)10(3)13-4/h5-10H,1-3H3. The molecule has 0 aliphatic carbocycles. The molecule has 0 saturated carbocycles. The zero-order valence-electron chi connectivity index (χ0n) is 8.41. The molecule has 0 spiro atoms. The van der Waals surface area contributed by atoms with Crippen molar-refractivity contribution in [2.75, 3.05) is 0 Å². The van der Waals surface area contributed by atoms with Gasteiger partial charge in [-0.25, -0.2) is 6.57 Å². The van der Waals surface area contributed by atoms with Gasteiger partial charge in [0.05, 0.1) is 0 Å². The second-order valence-electron chi connectivity index (χ2n) is 3.63. The summed E-state index contributed by atoms with van der Waals surface area (Å²) in [7, 11) is 0. The first-order valence-electron chi connectivity index (χ1n) is 4.61. The van der Waals surface area contributed by atoms with Crippen molar-refractivity contribution in [3.8, 4) is 0 Å². The van der Waals surface area contributed by atoms with E-state index >= 15 is 0 Å². The Morgan fingerprint density at radius 1 is 1.00 bits per heavy atom. The van der Waals surface area contributed by atoms with Gasteiger partial charge in [0, 0.05) is 12.5 Å². The molecule has 1 nitrogen and oxygen atoms in total. The Bertz CT molecular complexity index is 303. The molecular formula is C12H15N. The summed E-state index contributed by atoms with van der Waals surface area (Å²) < 4.78 is 0. The molecule has 1 aromatic carbocycles. The van der Waals surface area contributed by atoms with Gasteiger partial charge in [0.15, 0.2) is 0 Å². The Morgan fingerprint density at radius 2 is 1.46 bits per heavy atom. The molecule has 1 heteroatoms. The van der Waals surface area contributed by atoms with Gasteiger partial charge in [0.2, 0.25) is 6.04 Å². The Labute approximate surface area is 80.2 Å². The highest BCUT2D eigenvalue weighted by molar-refractivity contribution is 5.27. The number of rotatable bonds is 2. The van der Waals surface area contributed by atoms with Gasteiger partial charge in [-0.05, 0) is 11.5 Å². The zero-order chi connectivity index (χ0) is 9.84. The van der Waals surface area contributed by atoms with E-state index in [1.165, 1.54) is 5.56 Å². The minimum absolute atomic E-state index is 0.0128. The second kappa shape index (κ2) is 4.09. The van der Waals surface area contributed by atoms with Crippen molar-refractivity contribution in [2.45, 2.75) is 32.7 Å². The fourth-order valence-electron chi connectivity index (χ4n) is 1.23. The molecule has 0 saturated heterocycles. The van der Waals surface area contributed by atoms with Gasteiger partial charge >= 0.3 is 0 Å². The van der Waals surface area contributed by atoms with Crippen LogP contribution in [0, 0.1) is 6.57 Å². The second-order valence-corrected chi connectivity index (χ2v) is 3.63. The molecule has 13 heavy (non-hydrogen) atoms. The van der Waals surface area contributed by atoms with Crippen LogP contribution in [0.4, 0.5) is 0 Å². The van der Waals surface area contributed by atoms with E-state index in [1.54, 1.807) is 0 Å². The fraction of sp³-hybridized carbons (Fsp3) is 0.417. The lowest BCUT2D eigenvalue weighted by Gasteiger charge is -2.05. The summed E-state index contributed by atoms with van der Waals surface area (Å²) in [5, 5.41) is 0. The molecular weight excluding hydrogens is 158 g/mol. The van der Waals surface area contributed by atoms with Crippen LogP contribution in [0.2, 0.25) is 0 Å². The average Bonchev–Trinajstić information content (AvgIpc) is 2.17. The first-order chi connectivity index (χ1) is 6.15. The van der Waals surface area contributed by atoms with Crippen molar-refractivity contribution in [2.24, 2.45) is 0 Å². The molecule has 1 aromatic rings. The molecule has 0 fully saturated rings. The van der Waals surface area contributed by atoms with Gasteiger partial charge in [-0.2, -0.15) is 0 Å². The highest BCUT2D eigenvalue weighted by Gasteiger charge is 2.07. The molecule has 1 rings (SSSR count). The summed E-state index contributed by atoms with van der Waals surface area (Å²) in [5.41, 5.74) is 2.44. The van der Waals surface area contributed by atoms with E-state index < -0.39 is 0 Å². The quantitative estimate of drug-likeness (QED) is 0.599. The maximum atomic E-state index is 6.91. The Hall–Kier alpha value is -1.29. The van der Waals surface area contributed by atoms with Crippen LogP contribution < -0.4 is 0 Å². The number of hydrogen-bond acceptors (Lipinski definition) is 0. The predicted molar refractivity (Wildman–Crippen MR) is 55.5 cm³/mol. The predicted octanol–water partition coefficient (Wildman–Crippen LogP) is 3.79. The van der Waals surface area contributed by atoms with Crippen LogP contribution >= 0.6 is 0 Å². The highest BCUT2D eigenvalue weighted by Crippen LogP contribution is 2.20. The molecule has 1 atom stereocenters. The summed E-state index contributed by atoms with van der Waals surface area (Å²) in [5.74, 6) is 0.567. The lowest BCUT2D eigenvalue weighted by Crippen LogP contribution is -1.90. The number of benzene rings is 1. The highest BCUT2D eigenvalue weighted by atomic mass is 14.7. The van der Waals surface area contributed by atoms with Crippen LogP contribution in [0.5, 0.6) is 0 Å². The molecule has 0 bridgehead atoms. The van der Waals surface area contributed by atoms with E-state index in [-0.39, 0.29) is 6.04 Å². The third-order valence-electron chi connectivity index (χ3n) is 2.28. The summed E-state index contributed by atoms with van der Waals surface area (Å²) in [6.07, 6.45) is 0. The van der Waals surface area contributed by atoms with E-state index in [4.69, 9.17) is 6.57 Å². The smallest absolute Gasteiger partial charge is 0.245 e. The van der Waals surface area contributed by atoms with Crippen molar-refractivity contribution >= 4 is 0 Å². The Balaban J connectivity index is 2.89. The van der Waals surface area contributed by atoms with E-state index in [2.05, 4.69) is 43.0 Å². The minimum atomic E-state index is -0.0128. The normalized spacial score (nSPS) is 12.5. The van der Waals surface area contributed by atoms with Gasteiger partial charge in [-0.3, -0.25) is 0 Å². The van der Waals surface area contributed by atoms with Crippen LogP contribution in [-0.4, -0.2) is 0 Å². The van der Waals surface area contributed by atoms with E-state index in [9.17, 15) is 0 Å². The molecule has 0 radical (unpaired) electrons. The third kappa shape index (κ3) is 2.32. The van der Waals surface area contributed by atoms with Gasteiger partial charge in [-0.1, -0.05) is 38.1 Å². The SMILES string of the molecule is [C-]#[N+]C(C)c1ccc(C(C)C)cc1. The Kier molecular flexibility index (Phi) is 3.08. The maximum absolute atomic E-state index is 6.91. The van der Waals surface area contributed by atoms with Gasteiger partial charge < -0.3 is 4.85 Å². The minimum Gasteiger partial charge on any atom is -0.309 e.